The van der Waals surface area contributed by atoms with E-state index in [1.165, 1.54) is 0 Å². The standard InChI is InChI=1S/C18H27ClN6O3.C12H17Cl2N5O2/c1-18(2,3)28-17(26)24-8-6-23(7-9-24)15-20-14(19)21-16(22-15)25-12-4-5-13(25)11-27-10-12;1-12(2,3)21-11(20)19-6-4-18(5-7-19)10-16-8(13)15-9(14)17-10/h12-13H,4-11H2,1-3H3;4-7H2,1-3H3. The van der Waals surface area contributed by atoms with E-state index in [4.69, 9.17) is 54.0 Å². The highest BCUT2D eigenvalue weighted by molar-refractivity contribution is 6.31. The quantitative estimate of drug-likeness (QED) is 0.441. The van der Waals surface area contributed by atoms with Crippen LogP contribution in [-0.2, 0) is 14.2 Å². The summed E-state index contributed by atoms with van der Waals surface area (Å²) < 4.78 is 16.4. The minimum absolute atomic E-state index is 0.0552. The molecule has 4 saturated heterocycles. The molecule has 2 atom stereocenters. The highest BCUT2D eigenvalue weighted by Crippen LogP contribution is 2.33. The normalized spacial score (nSPS) is 21.3. The number of hydrogen-bond acceptors (Lipinski definition) is 14. The molecule has 270 valence electrons. The van der Waals surface area contributed by atoms with Crippen molar-refractivity contribution in [2.45, 2.75) is 77.7 Å². The first-order valence-corrected chi connectivity index (χ1v) is 17.5. The predicted molar refractivity (Wildman–Crippen MR) is 185 cm³/mol. The van der Waals surface area contributed by atoms with Gasteiger partial charge < -0.3 is 38.7 Å². The predicted octanol–water partition coefficient (Wildman–Crippen LogP) is 4.19. The van der Waals surface area contributed by atoms with Crippen molar-refractivity contribution < 1.29 is 23.8 Å². The average molecular weight is 745 g/mol. The number of hydrogen-bond donors (Lipinski definition) is 0. The molecule has 4 aliphatic heterocycles. The number of amides is 2. The summed E-state index contributed by atoms with van der Waals surface area (Å²) in [6, 6.07) is 0.600. The van der Waals surface area contributed by atoms with Gasteiger partial charge in [0.15, 0.2) is 0 Å². The first-order valence-electron chi connectivity index (χ1n) is 16.3. The molecule has 19 heteroatoms. The molecule has 0 aliphatic carbocycles. The zero-order valence-corrected chi connectivity index (χ0v) is 31.0. The number of halogens is 3. The molecule has 0 radical (unpaired) electrons. The molecule has 2 bridgehead atoms. The molecular weight excluding hydrogens is 701 g/mol. The van der Waals surface area contributed by atoms with E-state index in [0.717, 1.165) is 12.8 Å². The smallest absolute Gasteiger partial charge is 0.410 e. The number of carbonyl (C=O) groups excluding carboxylic acids is 2. The fourth-order valence-electron chi connectivity index (χ4n) is 5.83. The van der Waals surface area contributed by atoms with Gasteiger partial charge in [0.25, 0.3) is 0 Å². The van der Waals surface area contributed by atoms with E-state index in [-0.39, 0.29) is 28.0 Å². The van der Waals surface area contributed by atoms with Crippen LogP contribution in [0.2, 0.25) is 15.9 Å². The van der Waals surface area contributed by atoms with Crippen LogP contribution < -0.4 is 14.7 Å². The molecule has 0 spiro atoms. The van der Waals surface area contributed by atoms with Crippen molar-refractivity contribution in [2.24, 2.45) is 0 Å². The summed E-state index contributed by atoms with van der Waals surface area (Å²) in [5.74, 6) is 1.61. The Balaban J connectivity index is 0.000000200. The maximum atomic E-state index is 12.3. The van der Waals surface area contributed by atoms with Crippen LogP contribution in [0.25, 0.3) is 0 Å². The van der Waals surface area contributed by atoms with E-state index in [1.807, 2.05) is 51.3 Å². The number of aromatic nitrogens is 6. The molecule has 4 aliphatic rings. The topological polar surface area (TPSA) is 155 Å². The fourth-order valence-corrected chi connectivity index (χ4v) is 6.34. The van der Waals surface area contributed by atoms with Crippen LogP contribution in [0.5, 0.6) is 0 Å². The summed E-state index contributed by atoms with van der Waals surface area (Å²) in [7, 11) is 0. The molecule has 0 aromatic carbocycles. The van der Waals surface area contributed by atoms with E-state index >= 15 is 0 Å². The number of anilines is 3. The van der Waals surface area contributed by atoms with Gasteiger partial charge in [0, 0.05) is 52.4 Å². The van der Waals surface area contributed by atoms with Crippen molar-refractivity contribution in [3.63, 3.8) is 0 Å². The van der Waals surface area contributed by atoms with Gasteiger partial charge in [-0.25, -0.2) is 9.59 Å². The number of ether oxygens (including phenoxy) is 3. The minimum atomic E-state index is -0.498. The van der Waals surface area contributed by atoms with Gasteiger partial charge in [-0.05, 0) is 89.2 Å². The van der Waals surface area contributed by atoms with Crippen molar-refractivity contribution in [1.82, 2.24) is 39.7 Å². The van der Waals surface area contributed by atoms with Crippen LogP contribution in [0.3, 0.4) is 0 Å². The van der Waals surface area contributed by atoms with Gasteiger partial charge in [0.05, 0.1) is 25.3 Å². The van der Waals surface area contributed by atoms with Gasteiger partial charge in [-0.3, -0.25) is 0 Å². The van der Waals surface area contributed by atoms with Crippen LogP contribution >= 0.6 is 34.8 Å². The second kappa shape index (κ2) is 15.4. The highest BCUT2D eigenvalue weighted by Gasteiger charge is 2.39. The van der Waals surface area contributed by atoms with Crippen LogP contribution in [0.4, 0.5) is 27.4 Å². The Bertz CT molecular complexity index is 1440. The number of morpholine rings is 1. The van der Waals surface area contributed by atoms with Crippen molar-refractivity contribution in [3.05, 3.63) is 15.9 Å². The van der Waals surface area contributed by atoms with Crippen molar-refractivity contribution in [3.8, 4) is 0 Å². The largest absolute Gasteiger partial charge is 0.444 e. The van der Waals surface area contributed by atoms with Crippen LogP contribution in [0, 0.1) is 0 Å². The van der Waals surface area contributed by atoms with Crippen LogP contribution in [-0.4, -0.2) is 141 Å². The Hall–Kier alpha value is -3.21. The number of carbonyl (C=O) groups is 2. The third-order valence-corrected chi connectivity index (χ3v) is 8.56. The molecule has 16 nitrogen and oxygen atoms in total. The molecule has 2 aromatic rings. The van der Waals surface area contributed by atoms with Crippen molar-refractivity contribution in [2.75, 3.05) is 80.3 Å². The first kappa shape index (κ1) is 37.1. The van der Waals surface area contributed by atoms with E-state index in [1.54, 1.807) is 9.80 Å². The van der Waals surface area contributed by atoms with Gasteiger partial charge in [0.2, 0.25) is 33.7 Å². The number of nitrogens with zero attached hydrogens (tertiary/aromatic N) is 11. The summed E-state index contributed by atoms with van der Waals surface area (Å²) >= 11 is 17.8. The van der Waals surface area contributed by atoms with E-state index in [9.17, 15) is 9.59 Å². The molecular formula is C30H44Cl3N11O5. The summed E-state index contributed by atoms with van der Waals surface area (Å²) in [6.07, 6.45) is 1.57. The molecule has 0 saturated carbocycles. The summed E-state index contributed by atoms with van der Waals surface area (Å²) in [4.78, 5) is 59.0. The van der Waals surface area contributed by atoms with Crippen LogP contribution in [0.1, 0.15) is 54.4 Å². The Labute approximate surface area is 301 Å². The summed E-state index contributed by atoms with van der Waals surface area (Å²) in [5, 5.41) is 0.305. The lowest BCUT2D eigenvalue weighted by atomic mass is 10.2. The van der Waals surface area contributed by atoms with Gasteiger partial charge in [-0.15, -0.1) is 0 Å². The third-order valence-electron chi connectivity index (χ3n) is 8.05. The van der Waals surface area contributed by atoms with Gasteiger partial charge in [-0.1, -0.05) is 0 Å². The second-order valence-corrected chi connectivity index (χ2v) is 15.1. The second-order valence-electron chi connectivity index (χ2n) is 14.1. The highest BCUT2D eigenvalue weighted by atomic mass is 35.5. The Morgan fingerprint density at radius 1 is 0.592 bits per heavy atom. The zero-order valence-electron chi connectivity index (χ0n) is 28.7. The monoisotopic (exact) mass is 743 g/mol. The first-order chi connectivity index (χ1) is 23.0. The molecule has 6 rings (SSSR count). The number of rotatable bonds is 3. The van der Waals surface area contributed by atoms with Crippen molar-refractivity contribution in [1.29, 1.82) is 0 Å². The molecule has 4 fully saturated rings. The van der Waals surface area contributed by atoms with E-state index in [0.29, 0.717) is 95.5 Å². The summed E-state index contributed by atoms with van der Waals surface area (Å²) in [5.41, 5.74) is -0.994. The number of fused-ring (bicyclic) bond motifs is 2. The van der Waals surface area contributed by atoms with Gasteiger partial charge in [-0.2, -0.15) is 29.9 Å². The molecule has 6 heterocycles. The Kier molecular flexibility index (Phi) is 11.6. The third kappa shape index (κ3) is 10.2. The summed E-state index contributed by atoms with van der Waals surface area (Å²) in [6.45, 7) is 17.1. The maximum absolute atomic E-state index is 12.3. The SMILES string of the molecule is CC(C)(C)OC(=O)N1CCN(c2nc(Cl)nc(Cl)n2)CC1.CC(C)(C)OC(=O)N1CCN(c2nc(Cl)nc(N3C4CCC3COC4)n2)CC1. The Morgan fingerprint density at radius 2 is 0.959 bits per heavy atom. The number of piperazine rings is 2. The van der Waals surface area contributed by atoms with Crippen molar-refractivity contribution >= 4 is 64.8 Å². The van der Waals surface area contributed by atoms with E-state index < -0.39 is 11.2 Å². The molecule has 2 amide bonds. The fraction of sp³-hybridized carbons (Fsp3) is 0.733. The molecule has 2 aromatic heterocycles. The zero-order chi connectivity index (χ0) is 35.5. The van der Waals surface area contributed by atoms with Gasteiger partial charge >= 0.3 is 12.2 Å². The molecule has 0 N–H and O–H groups in total. The lowest BCUT2D eigenvalue weighted by molar-refractivity contribution is 0.0229. The van der Waals surface area contributed by atoms with Gasteiger partial charge in [0.1, 0.15) is 11.2 Å². The minimum Gasteiger partial charge on any atom is -0.444 e. The Morgan fingerprint density at radius 3 is 1.37 bits per heavy atom. The average Bonchev–Trinajstić information content (AvgIpc) is 3.27. The lowest BCUT2D eigenvalue weighted by Gasteiger charge is -2.37. The van der Waals surface area contributed by atoms with Crippen LogP contribution in [0.15, 0.2) is 0 Å². The van der Waals surface area contributed by atoms with E-state index in [2.05, 4.69) is 29.8 Å². The molecule has 49 heavy (non-hydrogen) atoms. The molecule has 2 unspecified atom stereocenters. The maximum Gasteiger partial charge on any atom is 0.410 e. The lowest BCUT2D eigenvalue weighted by Crippen LogP contribution is -2.51.